The largest absolute Gasteiger partial charge is 0.490 e. The van der Waals surface area contributed by atoms with Crippen LogP contribution in [0.4, 0.5) is 5.69 Å². The lowest BCUT2D eigenvalue weighted by atomic mass is 10.0. The van der Waals surface area contributed by atoms with Gasteiger partial charge in [-0.1, -0.05) is 44.2 Å². The molecule has 0 radical (unpaired) electrons. The van der Waals surface area contributed by atoms with Crippen molar-refractivity contribution >= 4 is 28.9 Å². The third-order valence-corrected chi connectivity index (χ3v) is 3.94. The fourth-order valence-electron chi connectivity index (χ4n) is 2.45. The number of thiocarbonyl (C=S) groups is 1. The first kappa shape index (κ1) is 19.9. The Balaban J connectivity index is 2.05. The summed E-state index contributed by atoms with van der Waals surface area (Å²) in [6, 6.07) is 14.9. The van der Waals surface area contributed by atoms with Gasteiger partial charge in [0.2, 0.25) is 0 Å². The number of nitrogens with one attached hydrogen (secondary N) is 2. The zero-order chi connectivity index (χ0) is 18.9. The summed E-state index contributed by atoms with van der Waals surface area (Å²) in [4.78, 5) is 12.6. The van der Waals surface area contributed by atoms with Crippen LogP contribution < -0.4 is 15.4 Å². The Morgan fingerprint density at radius 3 is 2.50 bits per heavy atom. The third kappa shape index (κ3) is 5.54. The maximum atomic E-state index is 12.6. The quantitative estimate of drug-likeness (QED) is 0.569. The average Bonchev–Trinajstić information content (AvgIpc) is 2.62. The Kier molecular flexibility index (Phi) is 7.56. The number of benzene rings is 2. The molecule has 0 aliphatic heterocycles. The number of amides is 1. The van der Waals surface area contributed by atoms with Crippen molar-refractivity contribution in [3.63, 3.8) is 0 Å². The minimum Gasteiger partial charge on any atom is -0.490 e. The van der Waals surface area contributed by atoms with Gasteiger partial charge in [-0.2, -0.15) is 0 Å². The molecule has 0 saturated carbocycles. The second-order valence-electron chi connectivity index (χ2n) is 5.99. The van der Waals surface area contributed by atoms with E-state index in [1.165, 1.54) is 0 Å². The molecule has 0 bridgehead atoms. The lowest BCUT2D eigenvalue weighted by Crippen LogP contribution is -2.34. The molecule has 2 rings (SSSR count). The van der Waals surface area contributed by atoms with E-state index in [1.807, 2.05) is 30.3 Å². The first-order valence-electron chi connectivity index (χ1n) is 8.45. The number of anilines is 1. The topological polar surface area (TPSA) is 59.6 Å². The van der Waals surface area contributed by atoms with Gasteiger partial charge in [-0.05, 0) is 41.9 Å². The Bertz CT molecular complexity index is 762. The molecule has 2 aromatic rings. The van der Waals surface area contributed by atoms with E-state index in [0.29, 0.717) is 30.4 Å². The van der Waals surface area contributed by atoms with E-state index in [-0.39, 0.29) is 11.0 Å². The first-order valence-corrected chi connectivity index (χ1v) is 8.85. The minimum absolute atomic E-state index is 0.245. The lowest BCUT2D eigenvalue weighted by molar-refractivity contribution is 0.0970. The van der Waals surface area contributed by atoms with Crippen LogP contribution in [0, 0.1) is 0 Å². The predicted molar refractivity (Wildman–Crippen MR) is 108 cm³/mol. The summed E-state index contributed by atoms with van der Waals surface area (Å²) < 4.78 is 10.6. The number of para-hydroxylation sites is 2. The van der Waals surface area contributed by atoms with Crippen molar-refractivity contribution in [2.75, 3.05) is 25.6 Å². The van der Waals surface area contributed by atoms with Crippen LogP contribution in [0.25, 0.3) is 0 Å². The molecular formula is C20H24N2O3S. The van der Waals surface area contributed by atoms with Crippen LogP contribution in [0.15, 0.2) is 48.5 Å². The first-order chi connectivity index (χ1) is 12.5. The van der Waals surface area contributed by atoms with Crippen molar-refractivity contribution in [1.29, 1.82) is 0 Å². The number of methoxy groups -OCH3 is 1. The Labute approximate surface area is 159 Å². The molecule has 26 heavy (non-hydrogen) atoms. The van der Waals surface area contributed by atoms with Gasteiger partial charge in [0, 0.05) is 12.8 Å². The van der Waals surface area contributed by atoms with Crippen LogP contribution in [0.3, 0.4) is 0 Å². The number of hydrogen-bond donors (Lipinski definition) is 2. The maximum absolute atomic E-state index is 12.6. The fourth-order valence-corrected chi connectivity index (χ4v) is 2.66. The number of carbonyl (C=O) groups excluding carboxylic acids is 1. The summed E-state index contributed by atoms with van der Waals surface area (Å²) in [7, 11) is 1.60. The molecule has 0 heterocycles. The van der Waals surface area contributed by atoms with Crippen molar-refractivity contribution < 1.29 is 14.3 Å². The molecule has 5 nitrogen and oxygen atoms in total. The van der Waals surface area contributed by atoms with Gasteiger partial charge in [-0.25, -0.2) is 0 Å². The molecule has 0 fully saturated rings. The molecule has 138 valence electrons. The van der Waals surface area contributed by atoms with E-state index >= 15 is 0 Å². The molecule has 0 aromatic heterocycles. The van der Waals surface area contributed by atoms with Gasteiger partial charge in [0.25, 0.3) is 5.91 Å². The van der Waals surface area contributed by atoms with E-state index in [4.69, 9.17) is 21.7 Å². The molecule has 1 amide bonds. The zero-order valence-electron chi connectivity index (χ0n) is 15.2. The van der Waals surface area contributed by atoms with Gasteiger partial charge >= 0.3 is 0 Å². The highest BCUT2D eigenvalue weighted by Gasteiger charge is 2.14. The van der Waals surface area contributed by atoms with Crippen LogP contribution in [-0.4, -0.2) is 31.3 Å². The number of ether oxygens (including phenoxy) is 2. The second-order valence-corrected chi connectivity index (χ2v) is 6.40. The van der Waals surface area contributed by atoms with Gasteiger partial charge in [0.15, 0.2) is 5.11 Å². The van der Waals surface area contributed by atoms with Gasteiger partial charge in [-0.15, -0.1) is 0 Å². The van der Waals surface area contributed by atoms with Crippen LogP contribution in [0.1, 0.15) is 35.7 Å². The van der Waals surface area contributed by atoms with Crippen molar-refractivity contribution in [2.45, 2.75) is 19.8 Å². The zero-order valence-corrected chi connectivity index (χ0v) is 16.1. The van der Waals surface area contributed by atoms with Crippen LogP contribution in [0.2, 0.25) is 0 Å². The lowest BCUT2D eigenvalue weighted by Gasteiger charge is -2.16. The van der Waals surface area contributed by atoms with Gasteiger partial charge in [0.05, 0.1) is 12.2 Å². The molecule has 2 aromatic carbocycles. The van der Waals surface area contributed by atoms with Crippen molar-refractivity contribution in [3.05, 3.63) is 59.7 Å². The molecule has 0 aliphatic carbocycles. The van der Waals surface area contributed by atoms with E-state index in [1.54, 1.807) is 25.3 Å². The molecule has 6 heteroatoms. The molecule has 0 aliphatic rings. The summed E-state index contributed by atoms with van der Waals surface area (Å²) in [5.41, 5.74) is 2.44. The van der Waals surface area contributed by atoms with E-state index in [2.05, 4.69) is 24.5 Å². The second kappa shape index (κ2) is 9.89. The highest BCUT2D eigenvalue weighted by molar-refractivity contribution is 7.80. The summed E-state index contributed by atoms with van der Waals surface area (Å²) in [6.45, 7) is 5.03. The van der Waals surface area contributed by atoms with Crippen LogP contribution in [-0.2, 0) is 4.74 Å². The number of hydrogen-bond acceptors (Lipinski definition) is 4. The van der Waals surface area contributed by atoms with Crippen molar-refractivity contribution in [2.24, 2.45) is 0 Å². The highest BCUT2D eigenvalue weighted by Crippen LogP contribution is 2.23. The molecule has 2 N–H and O–H groups in total. The van der Waals surface area contributed by atoms with Crippen molar-refractivity contribution in [1.82, 2.24) is 5.32 Å². The third-order valence-electron chi connectivity index (χ3n) is 3.73. The van der Waals surface area contributed by atoms with Gasteiger partial charge in [0.1, 0.15) is 12.4 Å². The van der Waals surface area contributed by atoms with Crippen LogP contribution >= 0.6 is 12.2 Å². The monoisotopic (exact) mass is 372 g/mol. The number of rotatable bonds is 7. The molecule has 0 atom stereocenters. The number of carbonyl (C=O) groups is 1. The minimum atomic E-state index is -0.322. The molecular weight excluding hydrogens is 348 g/mol. The summed E-state index contributed by atoms with van der Waals surface area (Å²) >= 11 is 5.30. The van der Waals surface area contributed by atoms with Crippen LogP contribution in [0.5, 0.6) is 5.75 Å². The van der Waals surface area contributed by atoms with E-state index in [9.17, 15) is 4.79 Å². The average molecular weight is 372 g/mol. The standard InChI is InChI=1S/C20H24N2O3S/c1-14(2)15-8-4-6-10-17(15)21-20(26)22-19(23)16-9-5-7-11-18(16)25-13-12-24-3/h4-11,14H,12-13H2,1-3H3,(H2,21,22,23,26). The van der Waals surface area contributed by atoms with E-state index < -0.39 is 0 Å². The Morgan fingerprint density at radius 2 is 1.77 bits per heavy atom. The Morgan fingerprint density at radius 1 is 1.08 bits per heavy atom. The summed E-state index contributed by atoms with van der Waals surface area (Å²) in [6.07, 6.45) is 0. The summed E-state index contributed by atoms with van der Waals surface area (Å²) in [5.74, 6) is 0.511. The maximum Gasteiger partial charge on any atom is 0.261 e. The molecule has 0 spiro atoms. The van der Waals surface area contributed by atoms with Gasteiger partial charge < -0.3 is 14.8 Å². The SMILES string of the molecule is COCCOc1ccccc1C(=O)NC(=S)Nc1ccccc1C(C)C. The smallest absolute Gasteiger partial charge is 0.261 e. The fraction of sp³-hybridized carbons (Fsp3) is 0.300. The van der Waals surface area contributed by atoms with Crippen molar-refractivity contribution in [3.8, 4) is 5.75 Å². The molecule has 0 unspecified atom stereocenters. The predicted octanol–water partition coefficient (Wildman–Crippen LogP) is 3.96. The molecule has 0 saturated heterocycles. The normalized spacial score (nSPS) is 10.5. The van der Waals surface area contributed by atoms with E-state index in [0.717, 1.165) is 11.3 Å². The highest BCUT2D eigenvalue weighted by atomic mass is 32.1. The Hall–Kier alpha value is -2.44. The van der Waals surface area contributed by atoms with Gasteiger partial charge in [-0.3, -0.25) is 10.1 Å². The summed E-state index contributed by atoms with van der Waals surface area (Å²) in [5, 5.41) is 6.06.